The first-order valence-electron chi connectivity index (χ1n) is 5.13. The summed E-state index contributed by atoms with van der Waals surface area (Å²) in [7, 11) is -4.53. The van der Waals surface area contributed by atoms with Crippen LogP contribution < -0.4 is 10.6 Å². The number of carbonyl (C=O) groups is 1. The number of nitrogens with one attached hydrogen (secondary N) is 1. The Hall–Kier alpha value is -0.910. The van der Waals surface area contributed by atoms with E-state index in [9.17, 15) is 19.1 Å². The molecule has 1 aliphatic heterocycles. The number of carboxylic acid groups (broad SMARTS) is 1. The fourth-order valence-electron chi connectivity index (χ4n) is 2.04. The first kappa shape index (κ1) is 13.5. The molecule has 1 atom stereocenters. The van der Waals surface area contributed by atoms with Crippen molar-refractivity contribution in [1.82, 2.24) is 5.32 Å². The molecule has 1 aromatic rings. The second-order valence-corrected chi connectivity index (χ2v) is 6.00. The Labute approximate surface area is 108 Å². The fourth-order valence-corrected chi connectivity index (χ4v) is 3.49. The Morgan fingerprint density at radius 2 is 2.11 bits per heavy atom. The SMILES string of the molecule is O=C(O)C1Cc2c(ccc(Cl)c2P(=O)(O)O)CN1. The second kappa shape index (κ2) is 4.64. The molecule has 0 radical (unpaired) electrons. The molecular formula is C10H11ClNO5P. The van der Waals surface area contributed by atoms with Gasteiger partial charge in [0.15, 0.2) is 0 Å². The van der Waals surface area contributed by atoms with Crippen molar-refractivity contribution in [2.75, 3.05) is 0 Å². The van der Waals surface area contributed by atoms with E-state index in [1.165, 1.54) is 6.07 Å². The monoisotopic (exact) mass is 291 g/mol. The highest BCUT2D eigenvalue weighted by Crippen LogP contribution is 2.39. The number of hydrogen-bond donors (Lipinski definition) is 4. The average molecular weight is 292 g/mol. The van der Waals surface area contributed by atoms with Crippen LogP contribution in [0, 0.1) is 0 Å². The number of halogens is 1. The molecule has 98 valence electrons. The van der Waals surface area contributed by atoms with Crippen molar-refractivity contribution in [3.05, 3.63) is 28.3 Å². The highest BCUT2D eigenvalue weighted by Gasteiger charge is 2.32. The van der Waals surface area contributed by atoms with E-state index in [4.69, 9.17) is 16.7 Å². The van der Waals surface area contributed by atoms with E-state index in [1.54, 1.807) is 6.07 Å². The van der Waals surface area contributed by atoms with Gasteiger partial charge in [0.05, 0.1) is 10.3 Å². The molecular weight excluding hydrogens is 281 g/mol. The molecule has 8 heteroatoms. The van der Waals surface area contributed by atoms with Gasteiger partial charge in [-0.1, -0.05) is 17.7 Å². The molecule has 0 saturated carbocycles. The normalized spacial score (nSPS) is 19.4. The third kappa shape index (κ3) is 2.43. The molecule has 0 aromatic heterocycles. The van der Waals surface area contributed by atoms with Crippen LogP contribution in [-0.4, -0.2) is 26.9 Å². The zero-order valence-corrected chi connectivity index (χ0v) is 10.8. The zero-order valence-electron chi connectivity index (χ0n) is 9.13. The molecule has 18 heavy (non-hydrogen) atoms. The minimum atomic E-state index is -4.53. The zero-order chi connectivity index (χ0) is 13.5. The van der Waals surface area contributed by atoms with Crippen LogP contribution in [0.25, 0.3) is 0 Å². The van der Waals surface area contributed by atoms with Crippen molar-refractivity contribution in [3.63, 3.8) is 0 Å². The third-order valence-corrected chi connectivity index (χ3v) is 4.41. The highest BCUT2D eigenvalue weighted by atomic mass is 35.5. The summed E-state index contributed by atoms with van der Waals surface area (Å²) in [5.41, 5.74) is 0.997. The van der Waals surface area contributed by atoms with E-state index in [2.05, 4.69) is 5.32 Å². The predicted molar refractivity (Wildman–Crippen MR) is 65.1 cm³/mol. The van der Waals surface area contributed by atoms with Gasteiger partial charge in [-0.15, -0.1) is 0 Å². The van der Waals surface area contributed by atoms with Crippen molar-refractivity contribution in [3.8, 4) is 0 Å². The molecule has 0 spiro atoms. The van der Waals surface area contributed by atoms with Crippen LogP contribution in [-0.2, 0) is 22.3 Å². The molecule has 0 amide bonds. The van der Waals surface area contributed by atoms with Gasteiger partial charge in [0.25, 0.3) is 0 Å². The van der Waals surface area contributed by atoms with Crippen molar-refractivity contribution in [2.24, 2.45) is 0 Å². The lowest BCUT2D eigenvalue weighted by molar-refractivity contribution is -0.139. The summed E-state index contributed by atoms with van der Waals surface area (Å²) in [5.74, 6) is -1.06. The van der Waals surface area contributed by atoms with Gasteiger partial charge in [-0.05, 0) is 23.6 Å². The predicted octanol–water partition coefficient (Wildman–Crippen LogP) is 0.242. The van der Waals surface area contributed by atoms with E-state index in [0.717, 1.165) is 0 Å². The van der Waals surface area contributed by atoms with Gasteiger partial charge < -0.3 is 20.2 Å². The van der Waals surface area contributed by atoms with E-state index in [-0.39, 0.29) is 23.3 Å². The van der Waals surface area contributed by atoms with Gasteiger partial charge in [-0.3, -0.25) is 9.36 Å². The van der Waals surface area contributed by atoms with Crippen LogP contribution in [0.4, 0.5) is 0 Å². The smallest absolute Gasteiger partial charge is 0.358 e. The van der Waals surface area contributed by atoms with Gasteiger partial charge in [-0.25, -0.2) is 0 Å². The molecule has 0 aliphatic carbocycles. The highest BCUT2D eigenvalue weighted by molar-refractivity contribution is 7.60. The van der Waals surface area contributed by atoms with Crippen molar-refractivity contribution in [1.29, 1.82) is 0 Å². The van der Waals surface area contributed by atoms with E-state index in [1.807, 2.05) is 0 Å². The molecule has 0 saturated heterocycles. The minimum absolute atomic E-state index is 0.00562. The molecule has 0 fully saturated rings. The van der Waals surface area contributed by atoms with Gasteiger partial charge in [-0.2, -0.15) is 0 Å². The van der Waals surface area contributed by atoms with Crippen LogP contribution in [0.5, 0.6) is 0 Å². The maximum Gasteiger partial charge on any atom is 0.358 e. The quantitative estimate of drug-likeness (QED) is 0.582. The van der Waals surface area contributed by atoms with Crippen LogP contribution in [0.3, 0.4) is 0 Å². The standard InChI is InChI=1S/C10H11ClNO5P/c11-7-2-1-5-4-12-8(10(13)14)3-6(5)9(7)18(15,16)17/h1-2,8,12H,3-4H2,(H,13,14)(H2,15,16,17). The van der Waals surface area contributed by atoms with Gasteiger partial charge >= 0.3 is 13.6 Å². The molecule has 2 rings (SSSR count). The number of hydrogen-bond acceptors (Lipinski definition) is 3. The molecule has 4 N–H and O–H groups in total. The maximum absolute atomic E-state index is 11.4. The Bertz CT molecular complexity index is 555. The third-order valence-electron chi connectivity index (χ3n) is 2.87. The van der Waals surface area contributed by atoms with Gasteiger partial charge in [0, 0.05) is 6.54 Å². The minimum Gasteiger partial charge on any atom is -0.480 e. The summed E-state index contributed by atoms with van der Waals surface area (Å²) < 4.78 is 11.4. The Kier molecular flexibility index (Phi) is 3.49. The van der Waals surface area contributed by atoms with Gasteiger partial charge in [0.2, 0.25) is 0 Å². The first-order valence-corrected chi connectivity index (χ1v) is 7.12. The van der Waals surface area contributed by atoms with E-state index >= 15 is 0 Å². The summed E-state index contributed by atoms with van der Waals surface area (Å²) in [4.78, 5) is 29.5. The molecule has 1 unspecified atom stereocenters. The largest absolute Gasteiger partial charge is 0.480 e. The van der Waals surface area contributed by atoms with E-state index < -0.39 is 19.6 Å². The summed E-state index contributed by atoms with van der Waals surface area (Å²) in [6.45, 7) is 0.246. The number of fused-ring (bicyclic) bond motifs is 1. The average Bonchev–Trinajstić information content (AvgIpc) is 2.25. The van der Waals surface area contributed by atoms with Crippen molar-refractivity contribution >= 4 is 30.5 Å². The lowest BCUT2D eigenvalue weighted by Crippen LogP contribution is -2.43. The number of carboxylic acids is 1. The summed E-state index contributed by atoms with van der Waals surface area (Å²) in [5, 5.41) is 11.4. The second-order valence-electron chi connectivity index (χ2n) is 4.05. The lowest BCUT2D eigenvalue weighted by Gasteiger charge is -2.26. The number of aliphatic carboxylic acids is 1. The van der Waals surface area contributed by atoms with Crippen molar-refractivity contribution in [2.45, 2.75) is 19.0 Å². The molecule has 1 aliphatic rings. The van der Waals surface area contributed by atoms with Crippen LogP contribution in [0.15, 0.2) is 12.1 Å². The lowest BCUT2D eigenvalue weighted by atomic mass is 9.96. The molecule has 1 aromatic carbocycles. The summed E-state index contributed by atoms with van der Waals surface area (Å²) >= 11 is 5.81. The van der Waals surface area contributed by atoms with E-state index in [0.29, 0.717) is 11.1 Å². The molecule has 0 bridgehead atoms. The summed E-state index contributed by atoms with van der Waals surface area (Å²) in [6, 6.07) is 2.20. The Morgan fingerprint density at radius 3 is 2.67 bits per heavy atom. The number of rotatable bonds is 2. The Balaban J connectivity index is 2.56. The maximum atomic E-state index is 11.4. The molecule has 1 heterocycles. The Morgan fingerprint density at radius 1 is 1.44 bits per heavy atom. The van der Waals surface area contributed by atoms with Crippen LogP contribution in [0.1, 0.15) is 11.1 Å². The van der Waals surface area contributed by atoms with Gasteiger partial charge in [0.1, 0.15) is 6.04 Å². The first-order chi connectivity index (χ1) is 8.30. The number of benzene rings is 1. The topological polar surface area (TPSA) is 107 Å². The van der Waals surface area contributed by atoms with Crippen LogP contribution >= 0.6 is 19.2 Å². The van der Waals surface area contributed by atoms with Crippen molar-refractivity contribution < 1.29 is 24.3 Å². The van der Waals surface area contributed by atoms with Crippen LogP contribution in [0.2, 0.25) is 5.02 Å². The summed E-state index contributed by atoms with van der Waals surface area (Å²) in [6.07, 6.45) is 0.00562. The fraction of sp³-hybridized carbons (Fsp3) is 0.300. The molecule has 6 nitrogen and oxygen atoms in total.